The summed E-state index contributed by atoms with van der Waals surface area (Å²) in [6.45, 7) is 7.27. The summed E-state index contributed by atoms with van der Waals surface area (Å²) in [6.07, 6.45) is 52.5. The highest BCUT2D eigenvalue weighted by Crippen LogP contribution is 2.45. The van der Waals surface area contributed by atoms with Gasteiger partial charge in [0.15, 0.2) is 12.2 Å². The van der Waals surface area contributed by atoms with E-state index in [1.54, 1.807) is 0 Å². The fourth-order valence-electron chi connectivity index (χ4n) is 11.0. The van der Waals surface area contributed by atoms with Crippen LogP contribution in [0.2, 0.25) is 0 Å². The number of rotatable bonds is 72. The van der Waals surface area contributed by atoms with Gasteiger partial charge in [-0.25, -0.2) is 9.13 Å². The third-order valence-corrected chi connectivity index (χ3v) is 19.0. The lowest BCUT2D eigenvalue weighted by molar-refractivity contribution is -0.161. The molecule has 0 aliphatic heterocycles. The minimum atomic E-state index is -4.95. The molecular weight excluding hydrogens is 1200 g/mol. The maximum atomic E-state index is 13.0. The first-order valence-electron chi connectivity index (χ1n) is 37.7. The van der Waals surface area contributed by atoms with Crippen LogP contribution in [0.25, 0.3) is 0 Å². The van der Waals surface area contributed by atoms with E-state index in [0.29, 0.717) is 25.7 Å². The predicted molar refractivity (Wildman–Crippen MR) is 368 cm³/mol. The summed E-state index contributed by atoms with van der Waals surface area (Å²) in [5, 5.41) is 10.6. The lowest BCUT2D eigenvalue weighted by Gasteiger charge is -2.21. The zero-order chi connectivity index (χ0) is 67.0. The van der Waals surface area contributed by atoms with Gasteiger partial charge in [0.25, 0.3) is 0 Å². The van der Waals surface area contributed by atoms with Crippen molar-refractivity contribution in [2.75, 3.05) is 39.6 Å². The lowest BCUT2D eigenvalue weighted by Crippen LogP contribution is -2.30. The average Bonchev–Trinajstić information content (AvgIpc) is 2.78. The molecule has 0 aromatic rings. The number of carbonyl (C=O) groups is 4. The molecule has 0 saturated carbocycles. The summed E-state index contributed by atoms with van der Waals surface area (Å²) in [6, 6.07) is 0. The second-order valence-electron chi connectivity index (χ2n) is 26.2. The third-order valence-electron chi connectivity index (χ3n) is 17.1. The van der Waals surface area contributed by atoms with Crippen molar-refractivity contribution in [2.24, 2.45) is 5.92 Å². The van der Waals surface area contributed by atoms with E-state index in [9.17, 15) is 43.2 Å². The molecule has 17 nitrogen and oxygen atoms in total. The van der Waals surface area contributed by atoms with Crippen molar-refractivity contribution >= 4 is 39.5 Å². The Kier molecular flexibility index (Phi) is 64.0. The highest BCUT2D eigenvalue weighted by atomic mass is 31.2. The van der Waals surface area contributed by atoms with Gasteiger partial charge in [0.2, 0.25) is 0 Å². The molecule has 6 atom stereocenters. The number of ether oxygens (including phenoxy) is 4. The molecule has 0 aromatic heterocycles. The van der Waals surface area contributed by atoms with Gasteiger partial charge in [-0.3, -0.25) is 37.3 Å². The summed E-state index contributed by atoms with van der Waals surface area (Å²) in [4.78, 5) is 72.7. The van der Waals surface area contributed by atoms with Crippen molar-refractivity contribution < 1.29 is 80.2 Å². The van der Waals surface area contributed by atoms with Crippen LogP contribution < -0.4 is 0 Å². The van der Waals surface area contributed by atoms with E-state index in [1.165, 1.54) is 199 Å². The largest absolute Gasteiger partial charge is 0.472 e. The van der Waals surface area contributed by atoms with Crippen LogP contribution in [-0.4, -0.2) is 96.7 Å². The summed E-state index contributed by atoms with van der Waals surface area (Å²) in [5.74, 6) is -1.35. The number of aliphatic hydroxyl groups is 1. The van der Waals surface area contributed by atoms with Gasteiger partial charge in [0.1, 0.15) is 19.3 Å². The van der Waals surface area contributed by atoms with E-state index in [0.717, 1.165) is 95.8 Å². The van der Waals surface area contributed by atoms with Crippen LogP contribution in [0.1, 0.15) is 375 Å². The highest BCUT2D eigenvalue weighted by Gasteiger charge is 2.30. The first-order chi connectivity index (χ1) is 44.1. The van der Waals surface area contributed by atoms with Crippen molar-refractivity contribution in [3.63, 3.8) is 0 Å². The molecule has 19 heteroatoms. The fourth-order valence-corrected chi connectivity index (χ4v) is 12.5. The molecule has 540 valence electrons. The standard InChI is InChI=1S/C72H140O17P2/c1-6-10-13-16-19-22-25-27-29-32-35-41-46-51-56-70(75)83-61-67(88-71(76)57-52-47-42-36-33-30-28-26-23-20-17-14-11-7-2)63-86-90(78,79)84-59-66(73)60-85-91(80,81)87-64-68(62-82-69(74)55-50-45-40-34-31-24-21-18-15-12-8-3)89-72(77)58-53-48-43-38-37-39-44-49-54-65(5)9-4/h65-68,73H,6-64H2,1-5H3,(H,78,79)(H,80,81)/t65?,66-,67-,68-/m1/s1. The molecule has 0 radical (unpaired) electrons. The van der Waals surface area contributed by atoms with Crippen LogP contribution >= 0.6 is 15.6 Å². The van der Waals surface area contributed by atoms with Crippen LogP contribution in [0.3, 0.4) is 0 Å². The van der Waals surface area contributed by atoms with Crippen LogP contribution in [0.5, 0.6) is 0 Å². The molecule has 0 aromatic carbocycles. The molecule has 0 aliphatic carbocycles. The van der Waals surface area contributed by atoms with Crippen molar-refractivity contribution in [3.8, 4) is 0 Å². The Balaban J connectivity index is 5.26. The Morgan fingerprint density at radius 3 is 0.780 bits per heavy atom. The molecule has 0 heterocycles. The van der Waals surface area contributed by atoms with Gasteiger partial charge in [0.05, 0.1) is 26.4 Å². The molecule has 0 amide bonds. The Labute approximate surface area is 556 Å². The topological polar surface area (TPSA) is 237 Å². The fraction of sp³-hybridized carbons (Fsp3) is 0.944. The minimum Gasteiger partial charge on any atom is -0.462 e. The lowest BCUT2D eigenvalue weighted by atomic mass is 9.99. The van der Waals surface area contributed by atoms with Gasteiger partial charge >= 0.3 is 39.5 Å². The molecule has 0 rings (SSSR count). The van der Waals surface area contributed by atoms with Gasteiger partial charge in [-0.05, 0) is 31.6 Å². The van der Waals surface area contributed by atoms with Crippen molar-refractivity contribution in [1.82, 2.24) is 0 Å². The number of unbranched alkanes of at least 4 members (excludes halogenated alkanes) is 43. The van der Waals surface area contributed by atoms with Gasteiger partial charge in [-0.2, -0.15) is 0 Å². The predicted octanol–water partition coefficient (Wildman–Crippen LogP) is 20.9. The highest BCUT2D eigenvalue weighted by molar-refractivity contribution is 7.47. The number of hydrogen-bond acceptors (Lipinski definition) is 15. The van der Waals surface area contributed by atoms with Crippen LogP contribution in [0, 0.1) is 5.92 Å². The van der Waals surface area contributed by atoms with Crippen LogP contribution in [0.4, 0.5) is 0 Å². The number of esters is 4. The number of hydrogen-bond donors (Lipinski definition) is 3. The number of aliphatic hydroxyl groups excluding tert-OH is 1. The van der Waals surface area contributed by atoms with E-state index in [-0.39, 0.29) is 25.7 Å². The number of phosphoric ester groups is 2. The van der Waals surface area contributed by atoms with Crippen molar-refractivity contribution in [2.45, 2.75) is 393 Å². The van der Waals surface area contributed by atoms with Gasteiger partial charge in [-0.1, -0.05) is 324 Å². The van der Waals surface area contributed by atoms with E-state index < -0.39 is 97.5 Å². The molecule has 3 N–H and O–H groups in total. The first kappa shape index (κ1) is 89.1. The SMILES string of the molecule is CCCCCCCCCCCCCCCCC(=O)OC[C@H](COP(=O)(O)OC[C@@H](O)COP(=O)(O)OC[C@@H](COC(=O)CCCCCCCCCCCCC)OC(=O)CCCCCCCCCCC(C)CC)OC(=O)CCCCCCCCCCCCCCCC. The third kappa shape index (κ3) is 65.1. The summed E-state index contributed by atoms with van der Waals surface area (Å²) in [7, 11) is -9.90. The van der Waals surface area contributed by atoms with E-state index in [2.05, 4.69) is 34.6 Å². The molecule has 0 saturated heterocycles. The monoisotopic (exact) mass is 1340 g/mol. The van der Waals surface area contributed by atoms with E-state index in [4.69, 9.17) is 37.0 Å². The first-order valence-corrected chi connectivity index (χ1v) is 40.7. The molecular formula is C72H140O17P2. The number of carbonyl (C=O) groups excluding carboxylic acids is 4. The quantitative estimate of drug-likeness (QED) is 0.0222. The molecule has 0 spiro atoms. The summed E-state index contributed by atoms with van der Waals surface area (Å²) in [5.41, 5.74) is 0. The second kappa shape index (κ2) is 65.4. The Morgan fingerprint density at radius 2 is 0.527 bits per heavy atom. The smallest absolute Gasteiger partial charge is 0.462 e. The molecule has 0 fully saturated rings. The second-order valence-corrected chi connectivity index (χ2v) is 29.1. The Morgan fingerprint density at radius 1 is 0.308 bits per heavy atom. The van der Waals surface area contributed by atoms with Crippen molar-refractivity contribution in [3.05, 3.63) is 0 Å². The molecule has 0 bridgehead atoms. The van der Waals surface area contributed by atoms with Crippen LogP contribution in [0.15, 0.2) is 0 Å². The van der Waals surface area contributed by atoms with Crippen LogP contribution in [-0.2, 0) is 65.4 Å². The van der Waals surface area contributed by atoms with Crippen molar-refractivity contribution in [1.29, 1.82) is 0 Å². The zero-order valence-electron chi connectivity index (χ0n) is 59.0. The van der Waals surface area contributed by atoms with E-state index >= 15 is 0 Å². The maximum Gasteiger partial charge on any atom is 0.472 e. The number of phosphoric acid groups is 2. The molecule has 0 aliphatic rings. The Hall–Kier alpha value is -1.94. The molecule has 91 heavy (non-hydrogen) atoms. The average molecular weight is 1340 g/mol. The van der Waals surface area contributed by atoms with Gasteiger partial charge in [0, 0.05) is 25.7 Å². The molecule has 3 unspecified atom stereocenters. The Bertz CT molecular complexity index is 1760. The zero-order valence-corrected chi connectivity index (χ0v) is 60.8. The van der Waals surface area contributed by atoms with E-state index in [1.807, 2.05) is 0 Å². The normalized spacial score (nSPS) is 14.3. The summed E-state index contributed by atoms with van der Waals surface area (Å²) < 4.78 is 68.4. The van der Waals surface area contributed by atoms with Gasteiger partial charge < -0.3 is 33.8 Å². The van der Waals surface area contributed by atoms with Gasteiger partial charge in [-0.15, -0.1) is 0 Å². The minimum absolute atomic E-state index is 0.106. The maximum absolute atomic E-state index is 13.0. The summed E-state index contributed by atoms with van der Waals surface area (Å²) >= 11 is 0.